The average molecular weight is 467 g/mol. The van der Waals surface area contributed by atoms with E-state index in [1.807, 2.05) is 0 Å². The molecule has 0 saturated carbocycles. The van der Waals surface area contributed by atoms with Gasteiger partial charge in [-0.15, -0.1) is 0 Å². The molecule has 0 heterocycles. The first kappa shape index (κ1) is 21.9. The van der Waals surface area contributed by atoms with Gasteiger partial charge >= 0.3 is 0 Å². The molecule has 0 heteroatoms. The third-order valence-electron chi connectivity index (χ3n) is 8.65. The molecule has 0 radical (unpaired) electrons. The van der Waals surface area contributed by atoms with Crippen molar-refractivity contribution < 1.29 is 0 Å². The van der Waals surface area contributed by atoms with Crippen LogP contribution in [0.5, 0.6) is 0 Å². The predicted molar refractivity (Wildman–Crippen MR) is 160 cm³/mol. The molecule has 36 heavy (non-hydrogen) atoms. The van der Waals surface area contributed by atoms with E-state index in [1.165, 1.54) is 81.6 Å². The summed E-state index contributed by atoms with van der Waals surface area (Å²) in [7, 11) is 0. The van der Waals surface area contributed by atoms with E-state index >= 15 is 0 Å². The third-order valence-corrected chi connectivity index (χ3v) is 8.65. The fourth-order valence-corrected chi connectivity index (χ4v) is 7.16. The summed E-state index contributed by atoms with van der Waals surface area (Å²) in [6.45, 7) is 4.64. The second kappa shape index (κ2) is 8.63. The summed E-state index contributed by atoms with van der Waals surface area (Å²) >= 11 is 0. The van der Waals surface area contributed by atoms with Gasteiger partial charge in [-0.2, -0.15) is 0 Å². The lowest BCUT2D eigenvalue weighted by molar-refractivity contribution is 0.719. The highest BCUT2D eigenvalue weighted by atomic mass is 14.3. The summed E-state index contributed by atoms with van der Waals surface area (Å²) in [5.41, 5.74) is 3.19. The van der Waals surface area contributed by atoms with Crippen molar-refractivity contribution in [2.45, 2.75) is 65.2 Å². The van der Waals surface area contributed by atoms with Crippen molar-refractivity contribution in [2.75, 3.05) is 0 Å². The lowest BCUT2D eigenvalue weighted by Gasteiger charge is -2.15. The van der Waals surface area contributed by atoms with Gasteiger partial charge in [0.1, 0.15) is 0 Å². The van der Waals surface area contributed by atoms with Crippen LogP contribution in [0.15, 0.2) is 72.8 Å². The highest BCUT2D eigenvalue weighted by Gasteiger charge is 2.25. The Morgan fingerprint density at radius 2 is 0.722 bits per heavy atom. The molecule has 0 nitrogen and oxygen atoms in total. The van der Waals surface area contributed by atoms with Gasteiger partial charge in [0.2, 0.25) is 0 Å². The number of benzene rings is 5. The largest absolute Gasteiger partial charge is 0.0654 e. The van der Waals surface area contributed by atoms with Crippen molar-refractivity contribution in [3.63, 3.8) is 0 Å². The van der Waals surface area contributed by atoms with Crippen LogP contribution < -0.4 is 0 Å². The molecule has 7 aromatic rings. The lowest BCUT2D eigenvalue weighted by atomic mass is 9.89. The maximum Gasteiger partial charge on any atom is -0.00262 e. The standard InChI is InChI=1S/C36H34/c1-3-5-7-17-29-33-25-19-9-13-23-15-11-21-27(31(23)25)35(33)30(18-8-6-4-2)36-28-22-12-16-24-14-10-20-26(32(24)28)34(29)36/h9-16,19-22H,3-8,17-18H2,1-2H3. The first-order valence-corrected chi connectivity index (χ1v) is 14.1. The van der Waals surface area contributed by atoms with Gasteiger partial charge in [-0.05, 0) is 101 Å². The van der Waals surface area contributed by atoms with Crippen LogP contribution in [0.1, 0.15) is 63.5 Å². The van der Waals surface area contributed by atoms with Crippen LogP contribution in [0.25, 0.3) is 64.6 Å². The summed E-state index contributed by atoms with van der Waals surface area (Å²) in [6, 6.07) is 27.8. The summed E-state index contributed by atoms with van der Waals surface area (Å²) in [4.78, 5) is 0. The molecule has 0 aromatic heterocycles. The SMILES string of the molecule is CCCCCc1c2c3cccc4cccc(c2c(CCCCC)c2c5cccc6cccc(c12)c65)c43. The molecule has 178 valence electrons. The van der Waals surface area contributed by atoms with Crippen molar-refractivity contribution >= 4 is 64.6 Å². The van der Waals surface area contributed by atoms with Crippen LogP contribution in [-0.2, 0) is 12.8 Å². The zero-order chi connectivity index (χ0) is 24.2. The number of hydrogen-bond acceptors (Lipinski definition) is 0. The van der Waals surface area contributed by atoms with Crippen molar-refractivity contribution in [1.82, 2.24) is 0 Å². The molecule has 0 aliphatic heterocycles. The summed E-state index contributed by atoms with van der Waals surface area (Å²) < 4.78 is 0. The van der Waals surface area contributed by atoms with Crippen LogP contribution in [0.2, 0.25) is 0 Å². The fraction of sp³-hybridized carbons (Fsp3) is 0.278. The van der Waals surface area contributed by atoms with Gasteiger partial charge in [-0.1, -0.05) is 112 Å². The minimum atomic E-state index is 1.16. The van der Waals surface area contributed by atoms with Gasteiger partial charge in [-0.25, -0.2) is 0 Å². The molecule has 0 spiro atoms. The van der Waals surface area contributed by atoms with Crippen molar-refractivity contribution in [2.24, 2.45) is 0 Å². The van der Waals surface area contributed by atoms with E-state index in [4.69, 9.17) is 0 Å². The van der Waals surface area contributed by atoms with Gasteiger partial charge in [-0.3, -0.25) is 0 Å². The normalized spacial score (nSPS) is 12.5. The molecule has 0 atom stereocenters. The van der Waals surface area contributed by atoms with Gasteiger partial charge < -0.3 is 0 Å². The summed E-state index contributed by atoms with van der Waals surface area (Å²) in [6.07, 6.45) is 9.90. The Balaban J connectivity index is 1.75. The molecule has 0 unspecified atom stereocenters. The summed E-state index contributed by atoms with van der Waals surface area (Å²) in [5, 5.41) is 17.8. The minimum absolute atomic E-state index is 1.16. The number of aryl methyl sites for hydroxylation is 2. The zero-order valence-electron chi connectivity index (χ0n) is 21.6. The predicted octanol–water partition coefficient (Wildman–Crippen LogP) is 10.9. The topological polar surface area (TPSA) is 0 Å². The molecule has 0 bridgehead atoms. The monoisotopic (exact) mass is 466 g/mol. The van der Waals surface area contributed by atoms with Crippen LogP contribution >= 0.6 is 0 Å². The minimum Gasteiger partial charge on any atom is -0.0654 e. The maximum absolute atomic E-state index is 2.39. The Bertz CT molecular complexity index is 1600. The van der Waals surface area contributed by atoms with Crippen LogP contribution in [-0.4, -0.2) is 0 Å². The Kier molecular flexibility index (Phi) is 5.24. The Labute approximate surface area is 213 Å². The van der Waals surface area contributed by atoms with E-state index in [0.29, 0.717) is 0 Å². The van der Waals surface area contributed by atoms with Crippen LogP contribution in [0.4, 0.5) is 0 Å². The van der Waals surface area contributed by atoms with Gasteiger partial charge in [0.25, 0.3) is 0 Å². The van der Waals surface area contributed by atoms with E-state index in [9.17, 15) is 0 Å². The summed E-state index contributed by atoms with van der Waals surface area (Å²) in [5.74, 6) is 0. The van der Waals surface area contributed by atoms with Gasteiger partial charge in [0.15, 0.2) is 0 Å². The van der Waals surface area contributed by atoms with E-state index in [0.717, 1.165) is 12.8 Å². The molecule has 0 aliphatic rings. The quantitative estimate of drug-likeness (QED) is 0.195. The molecule has 7 aromatic carbocycles. The average Bonchev–Trinajstić information content (AvgIpc) is 3.43. The Morgan fingerprint density at radius 3 is 1.03 bits per heavy atom. The molecule has 0 saturated heterocycles. The van der Waals surface area contributed by atoms with E-state index in [1.54, 1.807) is 32.7 Å². The maximum atomic E-state index is 2.39. The van der Waals surface area contributed by atoms with Gasteiger partial charge in [0.05, 0.1) is 0 Å². The number of unbranched alkanes of at least 4 members (excludes halogenated alkanes) is 4. The van der Waals surface area contributed by atoms with E-state index in [2.05, 4.69) is 86.6 Å². The van der Waals surface area contributed by atoms with Crippen LogP contribution in [0, 0.1) is 0 Å². The molecule has 0 N–H and O–H groups in total. The Hall–Kier alpha value is -3.38. The highest BCUT2D eigenvalue weighted by molar-refractivity contribution is 6.40. The van der Waals surface area contributed by atoms with Crippen LogP contribution in [0.3, 0.4) is 0 Å². The second-order valence-electron chi connectivity index (χ2n) is 10.8. The number of hydrogen-bond donors (Lipinski definition) is 0. The smallest absolute Gasteiger partial charge is 0.00262 e. The highest BCUT2D eigenvalue weighted by Crippen LogP contribution is 2.50. The first-order chi connectivity index (χ1) is 17.8. The fourth-order valence-electron chi connectivity index (χ4n) is 7.16. The lowest BCUT2D eigenvalue weighted by Crippen LogP contribution is -1.95. The molecule has 7 rings (SSSR count). The molecule has 0 amide bonds. The Morgan fingerprint density at radius 1 is 0.389 bits per heavy atom. The molecular weight excluding hydrogens is 432 g/mol. The number of fused-ring (bicyclic) bond motifs is 6. The van der Waals surface area contributed by atoms with Crippen molar-refractivity contribution in [1.29, 1.82) is 0 Å². The van der Waals surface area contributed by atoms with Gasteiger partial charge in [0, 0.05) is 0 Å². The van der Waals surface area contributed by atoms with E-state index < -0.39 is 0 Å². The second-order valence-corrected chi connectivity index (χ2v) is 10.8. The zero-order valence-corrected chi connectivity index (χ0v) is 21.6. The first-order valence-electron chi connectivity index (χ1n) is 14.1. The third kappa shape index (κ3) is 3.00. The van der Waals surface area contributed by atoms with E-state index in [-0.39, 0.29) is 0 Å². The van der Waals surface area contributed by atoms with Crippen molar-refractivity contribution in [3.8, 4) is 0 Å². The molecule has 0 aliphatic carbocycles. The molecular formula is C36H34. The number of rotatable bonds is 8. The van der Waals surface area contributed by atoms with Crippen molar-refractivity contribution in [3.05, 3.63) is 83.9 Å². The molecule has 0 fully saturated rings.